The molecule has 128 valence electrons. The van der Waals surface area contributed by atoms with Crippen LogP contribution in [0.4, 0.5) is 0 Å². The summed E-state index contributed by atoms with van der Waals surface area (Å²) in [5.74, 6) is 0.244. The summed E-state index contributed by atoms with van der Waals surface area (Å²) in [5.41, 5.74) is 1.84. The molecule has 0 aromatic heterocycles. The van der Waals surface area contributed by atoms with Gasteiger partial charge < -0.3 is 10.0 Å². The van der Waals surface area contributed by atoms with E-state index in [1.165, 1.54) is 4.90 Å². The van der Waals surface area contributed by atoms with E-state index in [1.54, 1.807) is 12.3 Å². The number of hydrogen-bond donors (Lipinski definition) is 2. The third kappa shape index (κ3) is 3.84. The van der Waals surface area contributed by atoms with E-state index in [1.807, 2.05) is 54.6 Å². The Morgan fingerprint density at radius 2 is 1.76 bits per heavy atom. The van der Waals surface area contributed by atoms with Crippen LogP contribution in [-0.2, 0) is 0 Å². The zero-order valence-corrected chi connectivity index (χ0v) is 15.2. The highest BCUT2D eigenvalue weighted by atomic mass is 35.5. The normalized spacial score (nSPS) is 13.0. The Morgan fingerprint density at radius 1 is 1.04 bits per heavy atom. The van der Waals surface area contributed by atoms with Crippen molar-refractivity contribution in [3.8, 4) is 5.75 Å². The average Bonchev–Trinajstić information content (AvgIpc) is 2.61. The molecule has 3 aromatic carbocycles. The molecular formula is C21H22ClN2O+. The van der Waals surface area contributed by atoms with Gasteiger partial charge in [0.1, 0.15) is 11.8 Å². The number of phenols is 1. The predicted molar refractivity (Wildman–Crippen MR) is 105 cm³/mol. The topological polar surface area (TPSA) is 37.0 Å². The first-order chi connectivity index (χ1) is 12.1. The van der Waals surface area contributed by atoms with Crippen LogP contribution in [0.3, 0.4) is 0 Å². The Labute approximate surface area is 153 Å². The standard InChI is InChI=1S/C21H21ClN2O/c1-24(2)20(17-9-5-6-10-19(17)22)14-23-13-18-16-8-4-3-7-15(16)11-12-21(18)25/h3-13,20,25H,14H2,1-2H3/p+1/t20-/m0/s1. The van der Waals surface area contributed by atoms with Crippen molar-refractivity contribution in [2.75, 3.05) is 20.6 Å². The molecule has 1 atom stereocenters. The monoisotopic (exact) mass is 353 g/mol. The van der Waals surface area contributed by atoms with E-state index < -0.39 is 0 Å². The summed E-state index contributed by atoms with van der Waals surface area (Å²) in [4.78, 5) is 5.88. The van der Waals surface area contributed by atoms with Crippen molar-refractivity contribution >= 4 is 28.6 Å². The molecule has 0 fully saturated rings. The molecule has 4 heteroatoms. The first kappa shape index (κ1) is 17.5. The van der Waals surface area contributed by atoms with Crippen molar-refractivity contribution in [1.82, 2.24) is 0 Å². The van der Waals surface area contributed by atoms with Crippen LogP contribution in [-0.4, -0.2) is 32.0 Å². The van der Waals surface area contributed by atoms with Crippen LogP contribution in [0.25, 0.3) is 10.8 Å². The van der Waals surface area contributed by atoms with Crippen LogP contribution in [0.5, 0.6) is 5.75 Å². The zero-order chi connectivity index (χ0) is 17.8. The molecule has 3 nitrogen and oxygen atoms in total. The minimum absolute atomic E-state index is 0.155. The van der Waals surface area contributed by atoms with Gasteiger partial charge >= 0.3 is 0 Å². The van der Waals surface area contributed by atoms with E-state index in [0.29, 0.717) is 6.54 Å². The molecule has 0 radical (unpaired) electrons. The van der Waals surface area contributed by atoms with Crippen LogP contribution in [0.15, 0.2) is 65.7 Å². The largest absolute Gasteiger partial charge is 0.507 e. The lowest BCUT2D eigenvalue weighted by Gasteiger charge is -2.21. The molecular weight excluding hydrogens is 332 g/mol. The molecule has 3 aromatic rings. The molecule has 0 bridgehead atoms. The summed E-state index contributed by atoms with van der Waals surface area (Å²) in [6.07, 6.45) is 1.77. The lowest BCUT2D eigenvalue weighted by molar-refractivity contribution is -0.890. The summed E-state index contributed by atoms with van der Waals surface area (Å²) in [5, 5.41) is 13.1. The maximum Gasteiger partial charge on any atom is 0.134 e. The van der Waals surface area contributed by atoms with Crippen molar-refractivity contribution in [3.05, 3.63) is 76.8 Å². The number of nitrogens with one attached hydrogen (secondary N) is 1. The molecule has 0 aliphatic carbocycles. The number of nitrogens with zero attached hydrogens (tertiary/aromatic N) is 1. The van der Waals surface area contributed by atoms with Crippen LogP contribution < -0.4 is 4.90 Å². The number of aliphatic imine (C=N–C) groups is 1. The highest BCUT2D eigenvalue weighted by Gasteiger charge is 2.19. The van der Waals surface area contributed by atoms with Crippen molar-refractivity contribution in [2.24, 2.45) is 4.99 Å². The van der Waals surface area contributed by atoms with E-state index in [-0.39, 0.29) is 11.8 Å². The highest BCUT2D eigenvalue weighted by molar-refractivity contribution is 6.31. The van der Waals surface area contributed by atoms with Gasteiger partial charge in [0.05, 0.1) is 20.6 Å². The van der Waals surface area contributed by atoms with E-state index >= 15 is 0 Å². The maximum atomic E-state index is 10.2. The second-order valence-electron chi connectivity index (χ2n) is 6.37. The van der Waals surface area contributed by atoms with Gasteiger partial charge in [-0.05, 0) is 22.9 Å². The van der Waals surface area contributed by atoms with Crippen molar-refractivity contribution in [1.29, 1.82) is 0 Å². The van der Waals surface area contributed by atoms with Gasteiger partial charge in [0, 0.05) is 22.4 Å². The number of rotatable bonds is 5. The molecule has 25 heavy (non-hydrogen) atoms. The summed E-state index contributed by atoms with van der Waals surface area (Å²) >= 11 is 6.36. The average molecular weight is 354 g/mol. The smallest absolute Gasteiger partial charge is 0.134 e. The molecule has 0 saturated carbocycles. The minimum Gasteiger partial charge on any atom is -0.507 e. The fourth-order valence-corrected chi connectivity index (χ4v) is 3.29. The predicted octanol–water partition coefficient (Wildman–Crippen LogP) is 3.50. The van der Waals surface area contributed by atoms with E-state index in [2.05, 4.69) is 19.1 Å². The number of hydrogen-bond acceptors (Lipinski definition) is 2. The minimum atomic E-state index is 0.155. The molecule has 0 aliphatic rings. The Hall–Kier alpha value is -2.36. The van der Waals surface area contributed by atoms with Gasteiger partial charge in [-0.2, -0.15) is 0 Å². The quantitative estimate of drug-likeness (QED) is 0.677. The molecule has 0 spiro atoms. The number of phenolic OH excluding ortho intramolecular Hbond substituents is 1. The van der Waals surface area contributed by atoms with Gasteiger partial charge in [0.25, 0.3) is 0 Å². The SMILES string of the molecule is C[NH+](C)[C@@H](CN=Cc1c(O)ccc2ccccc12)c1ccccc1Cl. The molecule has 0 amide bonds. The molecule has 0 aliphatic heterocycles. The van der Waals surface area contributed by atoms with Gasteiger partial charge in [0.2, 0.25) is 0 Å². The second-order valence-corrected chi connectivity index (χ2v) is 6.77. The van der Waals surface area contributed by atoms with Crippen molar-refractivity contribution in [2.45, 2.75) is 6.04 Å². The van der Waals surface area contributed by atoms with E-state index in [0.717, 1.165) is 26.9 Å². The van der Waals surface area contributed by atoms with Gasteiger partial charge in [-0.15, -0.1) is 0 Å². The molecule has 0 saturated heterocycles. The maximum absolute atomic E-state index is 10.2. The van der Waals surface area contributed by atoms with E-state index in [9.17, 15) is 5.11 Å². The summed E-state index contributed by atoms with van der Waals surface area (Å²) in [6, 6.07) is 19.7. The fourth-order valence-electron chi connectivity index (χ4n) is 3.02. The van der Waals surface area contributed by atoms with Gasteiger partial charge in [0.15, 0.2) is 0 Å². The number of likely N-dealkylation sites (N-methyl/N-ethyl adjacent to an activating group) is 1. The Morgan fingerprint density at radius 3 is 2.52 bits per heavy atom. The van der Waals surface area contributed by atoms with Crippen LogP contribution in [0, 0.1) is 0 Å². The first-order valence-electron chi connectivity index (χ1n) is 8.33. The molecule has 3 rings (SSSR count). The van der Waals surface area contributed by atoms with E-state index in [4.69, 9.17) is 11.6 Å². The van der Waals surface area contributed by atoms with Gasteiger partial charge in [-0.25, -0.2) is 0 Å². The first-order valence-corrected chi connectivity index (χ1v) is 8.70. The fraction of sp³-hybridized carbons (Fsp3) is 0.190. The lowest BCUT2D eigenvalue weighted by Crippen LogP contribution is -3.06. The van der Waals surface area contributed by atoms with Gasteiger partial charge in [-0.1, -0.05) is 60.1 Å². The van der Waals surface area contributed by atoms with Crippen LogP contribution in [0.1, 0.15) is 17.2 Å². The third-order valence-electron chi connectivity index (χ3n) is 4.43. The number of aromatic hydroxyl groups is 1. The highest BCUT2D eigenvalue weighted by Crippen LogP contribution is 2.26. The molecule has 2 N–H and O–H groups in total. The third-order valence-corrected chi connectivity index (χ3v) is 4.78. The number of fused-ring (bicyclic) bond motifs is 1. The summed E-state index contributed by atoms with van der Waals surface area (Å²) < 4.78 is 0. The Bertz CT molecular complexity index is 905. The van der Waals surface area contributed by atoms with Gasteiger partial charge in [-0.3, -0.25) is 4.99 Å². The zero-order valence-electron chi connectivity index (χ0n) is 14.4. The summed E-state index contributed by atoms with van der Waals surface area (Å²) in [6.45, 7) is 0.592. The van der Waals surface area contributed by atoms with Crippen LogP contribution in [0.2, 0.25) is 5.02 Å². The van der Waals surface area contributed by atoms with Crippen molar-refractivity contribution in [3.63, 3.8) is 0 Å². The number of halogens is 1. The molecule has 0 heterocycles. The number of quaternary nitrogens is 1. The lowest BCUT2D eigenvalue weighted by atomic mass is 10.0. The Kier molecular flexibility index (Phi) is 5.37. The molecule has 0 unspecified atom stereocenters. The second kappa shape index (κ2) is 7.68. The number of benzene rings is 3. The van der Waals surface area contributed by atoms with Crippen molar-refractivity contribution < 1.29 is 10.0 Å². The van der Waals surface area contributed by atoms with Crippen LogP contribution >= 0.6 is 11.6 Å². The Balaban J connectivity index is 1.89. The summed E-state index contributed by atoms with van der Waals surface area (Å²) in [7, 11) is 4.19.